The summed E-state index contributed by atoms with van der Waals surface area (Å²) in [5, 5.41) is 0. The van der Waals surface area contributed by atoms with Gasteiger partial charge in [-0.15, -0.1) is 0 Å². The molecule has 1 aromatic carbocycles. The fourth-order valence-electron chi connectivity index (χ4n) is 1.84. The summed E-state index contributed by atoms with van der Waals surface area (Å²) >= 11 is 8.48. The Morgan fingerprint density at radius 3 is 2.36 bits per heavy atom. The Bertz CT molecular complexity index is 538. The highest BCUT2D eigenvalue weighted by Crippen LogP contribution is 2.67. The maximum Gasteiger partial charge on any atom is 0.404 e. The van der Waals surface area contributed by atoms with Gasteiger partial charge in [-0.25, -0.2) is 4.84 Å². The van der Waals surface area contributed by atoms with Gasteiger partial charge < -0.3 is 9.05 Å². The SMILES string of the molecule is CCOP(=O)(OCC)C(F)(F)c1ccc(CCNCl)cc1Br. The third-order valence-electron chi connectivity index (χ3n) is 2.81. The van der Waals surface area contributed by atoms with Gasteiger partial charge in [-0.1, -0.05) is 28.1 Å². The van der Waals surface area contributed by atoms with Gasteiger partial charge in [-0.05, 0) is 43.7 Å². The van der Waals surface area contributed by atoms with Crippen molar-refractivity contribution in [1.82, 2.24) is 4.84 Å². The largest absolute Gasteiger partial charge is 0.404 e. The molecule has 9 heteroatoms. The normalized spacial score (nSPS) is 12.6. The van der Waals surface area contributed by atoms with E-state index in [4.69, 9.17) is 20.8 Å². The summed E-state index contributed by atoms with van der Waals surface area (Å²) in [6.07, 6.45) is 0.572. The van der Waals surface area contributed by atoms with Gasteiger partial charge in [0.1, 0.15) is 0 Å². The number of hydrogen-bond donors (Lipinski definition) is 1. The van der Waals surface area contributed by atoms with Crippen molar-refractivity contribution < 1.29 is 22.4 Å². The summed E-state index contributed by atoms with van der Waals surface area (Å²) in [4.78, 5) is 2.46. The van der Waals surface area contributed by atoms with Crippen molar-refractivity contribution in [3.63, 3.8) is 0 Å². The van der Waals surface area contributed by atoms with Gasteiger partial charge in [-0.2, -0.15) is 8.78 Å². The molecule has 0 fully saturated rings. The second kappa shape index (κ2) is 8.71. The minimum absolute atomic E-state index is 0.135. The van der Waals surface area contributed by atoms with Crippen LogP contribution in [-0.2, 0) is 25.7 Å². The van der Waals surface area contributed by atoms with E-state index < -0.39 is 18.8 Å². The highest BCUT2D eigenvalue weighted by Gasteiger charge is 2.55. The quantitative estimate of drug-likeness (QED) is 0.449. The average Bonchev–Trinajstić information content (AvgIpc) is 2.45. The highest BCUT2D eigenvalue weighted by atomic mass is 79.9. The predicted octanol–water partition coefficient (Wildman–Crippen LogP) is 5.05. The summed E-state index contributed by atoms with van der Waals surface area (Å²) in [5.74, 6) is 0. The van der Waals surface area contributed by atoms with Crippen LogP contribution < -0.4 is 4.84 Å². The third-order valence-corrected chi connectivity index (χ3v) is 5.78. The number of benzene rings is 1. The summed E-state index contributed by atoms with van der Waals surface area (Å²) in [5.41, 5.74) is -3.37. The van der Waals surface area contributed by atoms with Crippen LogP contribution in [0.25, 0.3) is 0 Å². The molecule has 0 saturated carbocycles. The first-order chi connectivity index (χ1) is 10.3. The van der Waals surface area contributed by atoms with Crippen LogP contribution in [0.3, 0.4) is 0 Å². The lowest BCUT2D eigenvalue weighted by atomic mass is 10.1. The standard InChI is InChI=1S/C13H18BrClF2NO3P/c1-3-20-22(19,21-4-2)13(16,17)11-6-5-10(7-8-18-15)9-12(11)14/h5-6,9,18H,3-4,7-8H2,1-2H3. The summed E-state index contributed by atoms with van der Waals surface area (Å²) in [6, 6.07) is 4.29. The van der Waals surface area contributed by atoms with E-state index in [2.05, 4.69) is 20.8 Å². The summed E-state index contributed by atoms with van der Waals surface area (Å²) in [6.45, 7) is 3.20. The molecule has 22 heavy (non-hydrogen) atoms. The Hall–Kier alpha value is -0.0400. The van der Waals surface area contributed by atoms with Crippen LogP contribution in [0.15, 0.2) is 22.7 Å². The molecular weight excluding hydrogens is 402 g/mol. The van der Waals surface area contributed by atoms with Gasteiger partial charge in [0.25, 0.3) is 0 Å². The molecule has 0 aromatic heterocycles. The van der Waals surface area contributed by atoms with Crippen LogP contribution in [0.5, 0.6) is 0 Å². The van der Waals surface area contributed by atoms with Crippen LogP contribution in [0.1, 0.15) is 25.0 Å². The molecule has 1 rings (SSSR count). The highest BCUT2D eigenvalue weighted by molar-refractivity contribution is 9.10. The summed E-state index contributed by atoms with van der Waals surface area (Å²) < 4.78 is 51.4. The monoisotopic (exact) mass is 419 g/mol. The van der Waals surface area contributed by atoms with Crippen LogP contribution in [-0.4, -0.2) is 19.8 Å². The zero-order chi connectivity index (χ0) is 16.8. The van der Waals surface area contributed by atoms with E-state index in [0.717, 1.165) is 5.56 Å². The first-order valence-corrected chi connectivity index (χ1v) is 9.43. The van der Waals surface area contributed by atoms with Crippen LogP contribution in [0.4, 0.5) is 8.78 Å². The van der Waals surface area contributed by atoms with Gasteiger partial charge >= 0.3 is 13.3 Å². The molecule has 0 unspecified atom stereocenters. The number of alkyl halides is 2. The maximum atomic E-state index is 14.6. The van der Waals surface area contributed by atoms with Gasteiger partial charge in [0.2, 0.25) is 0 Å². The fraction of sp³-hybridized carbons (Fsp3) is 0.538. The molecule has 0 heterocycles. The Morgan fingerprint density at radius 1 is 1.32 bits per heavy atom. The Labute approximate surface area is 142 Å². The van der Waals surface area contributed by atoms with Crippen molar-refractivity contribution in [1.29, 1.82) is 0 Å². The predicted molar refractivity (Wildman–Crippen MR) is 86.5 cm³/mol. The van der Waals surface area contributed by atoms with E-state index in [-0.39, 0.29) is 17.7 Å². The molecule has 0 saturated heterocycles. The molecule has 0 atom stereocenters. The van der Waals surface area contributed by atoms with Crippen molar-refractivity contribution in [2.24, 2.45) is 0 Å². The van der Waals surface area contributed by atoms with Gasteiger partial charge in [0.05, 0.1) is 13.2 Å². The van der Waals surface area contributed by atoms with Crippen molar-refractivity contribution in [2.45, 2.75) is 25.9 Å². The number of rotatable bonds is 9. The Balaban J connectivity index is 3.17. The second-order valence-electron chi connectivity index (χ2n) is 4.32. The first-order valence-electron chi connectivity index (χ1n) is 6.71. The lowest BCUT2D eigenvalue weighted by molar-refractivity contribution is 0.0354. The van der Waals surface area contributed by atoms with Crippen molar-refractivity contribution in [3.8, 4) is 0 Å². The van der Waals surface area contributed by atoms with E-state index in [9.17, 15) is 13.3 Å². The Morgan fingerprint density at radius 2 is 1.91 bits per heavy atom. The van der Waals surface area contributed by atoms with Crippen molar-refractivity contribution in [2.75, 3.05) is 19.8 Å². The van der Waals surface area contributed by atoms with Crippen LogP contribution in [0, 0.1) is 0 Å². The fourth-order valence-corrected chi connectivity index (χ4v) is 4.33. The van der Waals surface area contributed by atoms with Crippen LogP contribution in [0.2, 0.25) is 0 Å². The van der Waals surface area contributed by atoms with E-state index in [1.165, 1.54) is 26.0 Å². The molecule has 0 aliphatic heterocycles. The lowest BCUT2D eigenvalue weighted by Crippen LogP contribution is -2.19. The van der Waals surface area contributed by atoms with E-state index in [0.29, 0.717) is 13.0 Å². The topological polar surface area (TPSA) is 47.6 Å². The molecular formula is C13H18BrClF2NO3P. The van der Waals surface area contributed by atoms with E-state index >= 15 is 0 Å². The number of halogens is 4. The maximum absolute atomic E-state index is 14.6. The first kappa shape index (κ1) is 20.0. The van der Waals surface area contributed by atoms with Gasteiger partial charge in [0.15, 0.2) is 0 Å². The molecule has 0 radical (unpaired) electrons. The third kappa shape index (κ3) is 4.49. The van der Waals surface area contributed by atoms with Gasteiger partial charge in [-0.3, -0.25) is 4.57 Å². The van der Waals surface area contributed by atoms with E-state index in [1.54, 1.807) is 6.07 Å². The smallest absolute Gasteiger partial charge is 0.304 e. The molecule has 126 valence electrons. The van der Waals surface area contributed by atoms with Crippen molar-refractivity contribution in [3.05, 3.63) is 33.8 Å². The summed E-state index contributed by atoms with van der Waals surface area (Å²) in [7, 11) is -4.60. The number of hydrogen-bond acceptors (Lipinski definition) is 4. The number of nitrogens with one attached hydrogen (secondary N) is 1. The zero-order valence-corrected chi connectivity index (χ0v) is 15.5. The zero-order valence-electron chi connectivity index (χ0n) is 12.2. The van der Waals surface area contributed by atoms with Crippen molar-refractivity contribution >= 4 is 35.3 Å². The molecule has 4 nitrogen and oxygen atoms in total. The van der Waals surface area contributed by atoms with E-state index in [1.807, 2.05) is 0 Å². The molecule has 0 amide bonds. The average molecular weight is 421 g/mol. The molecule has 0 bridgehead atoms. The van der Waals surface area contributed by atoms with Gasteiger partial charge in [0, 0.05) is 16.6 Å². The molecule has 0 aliphatic rings. The molecule has 1 aromatic rings. The Kier molecular flexibility index (Phi) is 7.92. The molecule has 0 spiro atoms. The minimum Gasteiger partial charge on any atom is -0.304 e. The molecule has 0 aliphatic carbocycles. The minimum atomic E-state index is -4.60. The second-order valence-corrected chi connectivity index (χ2v) is 7.52. The molecule has 1 N–H and O–H groups in total. The lowest BCUT2D eigenvalue weighted by Gasteiger charge is -2.26. The van der Waals surface area contributed by atoms with Crippen LogP contribution >= 0.6 is 35.3 Å².